The van der Waals surface area contributed by atoms with E-state index in [9.17, 15) is 13.5 Å². The van der Waals surface area contributed by atoms with E-state index in [1.807, 2.05) is 0 Å². The van der Waals surface area contributed by atoms with E-state index in [2.05, 4.69) is 0 Å². The number of nitrogens with two attached hydrogens (primary N) is 1. The van der Waals surface area contributed by atoms with Gasteiger partial charge in [0.1, 0.15) is 9.84 Å². The van der Waals surface area contributed by atoms with Gasteiger partial charge in [-0.05, 0) is 30.5 Å². The third kappa shape index (κ3) is 4.75. The molecule has 4 nitrogen and oxygen atoms in total. The van der Waals surface area contributed by atoms with Crippen LogP contribution in [0.5, 0.6) is 0 Å². The first kappa shape index (κ1) is 14.0. The van der Waals surface area contributed by atoms with E-state index in [0.717, 1.165) is 5.56 Å². The van der Waals surface area contributed by atoms with Crippen molar-refractivity contribution in [1.29, 1.82) is 0 Å². The van der Waals surface area contributed by atoms with Crippen LogP contribution in [0.4, 0.5) is 5.69 Å². The molecule has 5 heteroatoms. The van der Waals surface area contributed by atoms with Crippen LogP contribution in [-0.2, 0) is 9.84 Å². The van der Waals surface area contributed by atoms with Gasteiger partial charge in [-0.1, -0.05) is 19.1 Å². The first-order valence-corrected chi connectivity index (χ1v) is 7.50. The number of hydrogen-bond donors (Lipinski definition) is 2. The van der Waals surface area contributed by atoms with E-state index in [4.69, 9.17) is 5.73 Å². The topological polar surface area (TPSA) is 80.4 Å². The fourth-order valence-corrected chi connectivity index (χ4v) is 2.42. The standard InChI is InChI=1S/C12H19NO3S/c1-2-17(15,16)9-3-4-12(14)10-5-7-11(13)8-6-10/h5-8,12,14H,2-4,9,13H2,1H3. The van der Waals surface area contributed by atoms with Crippen molar-refractivity contribution in [2.45, 2.75) is 25.9 Å². The van der Waals surface area contributed by atoms with Crippen LogP contribution >= 0.6 is 0 Å². The van der Waals surface area contributed by atoms with E-state index >= 15 is 0 Å². The molecule has 0 fully saturated rings. The van der Waals surface area contributed by atoms with Gasteiger partial charge in [0.25, 0.3) is 0 Å². The smallest absolute Gasteiger partial charge is 0.150 e. The summed E-state index contributed by atoms with van der Waals surface area (Å²) >= 11 is 0. The van der Waals surface area contributed by atoms with Crippen molar-refractivity contribution in [2.75, 3.05) is 17.2 Å². The lowest BCUT2D eigenvalue weighted by atomic mass is 10.1. The number of rotatable bonds is 6. The summed E-state index contributed by atoms with van der Waals surface area (Å²) < 4.78 is 22.5. The largest absolute Gasteiger partial charge is 0.399 e. The van der Waals surface area contributed by atoms with Gasteiger partial charge in [0.05, 0.1) is 11.9 Å². The summed E-state index contributed by atoms with van der Waals surface area (Å²) in [4.78, 5) is 0. The van der Waals surface area contributed by atoms with Crippen LogP contribution < -0.4 is 5.73 Å². The molecule has 1 rings (SSSR count). The second kappa shape index (κ2) is 6.02. The van der Waals surface area contributed by atoms with E-state index < -0.39 is 15.9 Å². The highest BCUT2D eigenvalue weighted by molar-refractivity contribution is 7.91. The molecule has 17 heavy (non-hydrogen) atoms. The average molecular weight is 257 g/mol. The Hall–Kier alpha value is -1.07. The molecule has 96 valence electrons. The molecule has 1 atom stereocenters. The van der Waals surface area contributed by atoms with E-state index in [-0.39, 0.29) is 11.5 Å². The van der Waals surface area contributed by atoms with Crippen molar-refractivity contribution in [1.82, 2.24) is 0 Å². The highest BCUT2D eigenvalue weighted by Crippen LogP contribution is 2.19. The first-order valence-electron chi connectivity index (χ1n) is 5.68. The molecular formula is C12H19NO3S. The number of aliphatic hydroxyl groups excluding tert-OH is 1. The third-order valence-corrected chi connectivity index (χ3v) is 4.48. The van der Waals surface area contributed by atoms with Crippen molar-refractivity contribution in [3.05, 3.63) is 29.8 Å². The summed E-state index contributed by atoms with van der Waals surface area (Å²) in [6.07, 6.45) is 0.299. The molecule has 0 amide bonds. The van der Waals surface area contributed by atoms with Crippen molar-refractivity contribution < 1.29 is 13.5 Å². The summed E-state index contributed by atoms with van der Waals surface area (Å²) in [6, 6.07) is 6.96. The van der Waals surface area contributed by atoms with Crippen molar-refractivity contribution in [2.24, 2.45) is 0 Å². The Morgan fingerprint density at radius 2 is 1.88 bits per heavy atom. The molecule has 0 saturated heterocycles. The molecular weight excluding hydrogens is 238 g/mol. The molecule has 0 heterocycles. The fraction of sp³-hybridized carbons (Fsp3) is 0.500. The molecule has 0 aliphatic heterocycles. The van der Waals surface area contributed by atoms with Gasteiger partial charge in [0.2, 0.25) is 0 Å². The van der Waals surface area contributed by atoms with Gasteiger partial charge >= 0.3 is 0 Å². The normalized spacial score (nSPS) is 13.5. The average Bonchev–Trinajstić information content (AvgIpc) is 2.29. The van der Waals surface area contributed by atoms with Crippen LogP contribution in [0.25, 0.3) is 0 Å². The zero-order valence-corrected chi connectivity index (χ0v) is 10.8. The Kier molecular flexibility index (Phi) is 4.96. The van der Waals surface area contributed by atoms with Crippen molar-refractivity contribution >= 4 is 15.5 Å². The molecule has 0 spiro atoms. The van der Waals surface area contributed by atoms with E-state index in [0.29, 0.717) is 18.5 Å². The molecule has 1 aromatic rings. The van der Waals surface area contributed by atoms with Gasteiger partial charge < -0.3 is 10.8 Å². The zero-order chi connectivity index (χ0) is 12.9. The number of benzene rings is 1. The predicted molar refractivity (Wildman–Crippen MR) is 69.4 cm³/mol. The lowest BCUT2D eigenvalue weighted by molar-refractivity contribution is 0.166. The summed E-state index contributed by atoms with van der Waals surface area (Å²) in [7, 11) is -2.94. The Morgan fingerprint density at radius 1 is 1.29 bits per heavy atom. The Labute approximate surface area is 102 Å². The van der Waals surface area contributed by atoms with Gasteiger partial charge in [0, 0.05) is 11.4 Å². The third-order valence-electron chi connectivity index (χ3n) is 2.69. The Bertz CT molecular complexity index is 439. The van der Waals surface area contributed by atoms with Crippen molar-refractivity contribution in [3.8, 4) is 0 Å². The SMILES string of the molecule is CCS(=O)(=O)CCCC(O)c1ccc(N)cc1. The van der Waals surface area contributed by atoms with Crippen LogP contribution in [0.1, 0.15) is 31.4 Å². The maximum absolute atomic E-state index is 11.3. The number of sulfone groups is 1. The molecule has 0 radical (unpaired) electrons. The number of nitrogen functional groups attached to an aromatic ring is 1. The molecule has 3 N–H and O–H groups in total. The lowest BCUT2D eigenvalue weighted by Crippen LogP contribution is -2.10. The number of anilines is 1. The van der Waals surface area contributed by atoms with Crippen LogP contribution in [0.2, 0.25) is 0 Å². The zero-order valence-electron chi connectivity index (χ0n) is 9.96. The minimum atomic E-state index is -2.94. The molecule has 0 aromatic heterocycles. The molecule has 1 unspecified atom stereocenters. The minimum absolute atomic E-state index is 0.134. The van der Waals surface area contributed by atoms with Crippen LogP contribution in [0.15, 0.2) is 24.3 Å². The van der Waals surface area contributed by atoms with Crippen LogP contribution in [-0.4, -0.2) is 25.0 Å². The predicted octanol–water partition coefficient (Wildman–Crippen LogP) is 1.52. The number of hydrogen-bond acceptors (Lipinski definition) is 4. The minimum Gasteiger partial charge on any atom is -0.399 e. The maximum Gasteiger partial charge on any atom is 0.150 e. The quantitative estimate of drug-likeness (QED) is 0.757. The second-order valence-electron chi connectivity index (χ2n) is 4.06. The monoisotopic (exact) mass is 257 g/mol. The molecule has 0 bridgehead atoms. The Balaban J connectivity index is 2.45. The second-order valence-corrected chi connectivity index (χ2v) is 6.53. The van der Waals surface area contributed by atoms with Crippen LogP contribution in [0, 0.1) is 0 Å². The summed E-state index contributed by atoms with van der Waals surface area (Å²) in [6.45, 7) is 1.63. The van der Waals surface area contributed by atoms with Gasteiger partial charge in [-0.3, -0.25) is 0 Å². The lowest BCUT2D eigenvalue weighted by Gasteiger charge is -2.10. The highest BCUT2D eigenvalue weighted by atomic mass is 32.2. The van der Waals surface area contributed by atoms with Gasteiger partial charge in [-0.15, -0.1) is 0 Å². The maximum atomic E-state index is 11.3. The highest BCUT2D eigenvalue weighted by Gasteiger charge is 2.11. The fourth-order valence-electron chi connectivity index (χ4n) is 1.53. The van der Waals surface area contributed by atoms with E-state index in [1.165, 1.54) is 0 Å². The van der Waals surface area contributed by atoms with Gasteiger partial charge in [-0.2, -0.15) is 0 Å². The Morgan fingerprint density at radius 3 is 2.41 bits per heavy atom. The van der Waals surface area contributed by atoms with E-state index in [1.54, 1.807) is 31.2 Å². The molecule has 0 aliphatic carbocycles. The van der Waals surface area contributed by atoms with Gasteiger partial charge in [-0.25, -0.2) is 8.42 Å². The first-order chi connectivity index (χ1) is 7.94. The summed E-state index contributed by atoms with van der Waals surface area (Å²) in [5, 5.41) is 9.85. The molecule has 0 saturated carbocycles. The van der Waals surface area contributed by atoms with Crippen molar-refractivity contribution in [3.63, 3.8) is 0 Å². The molecule has 1 aromatic carbocycles. The van der Waals surface area contributed by atoms with Gasteiger partial charge in [0.15, 0.2) is 0 Å². The van der Waals surface area contributed by atoms with Crippen LogP contribution in [0.3, 0.4) is 0 Å². The summed E-state index contributed by atoms with van der Waals surface area (Å²) in [5.41, 5.74) is 6.96. The molecule has 0 aliphatic rings. The number of aliphatic hydroxyl groups is 1. The summed E-state index contributed by atoms with van der Waals surface area (Å²) in [5.74, 6) is 0.292.